The Morgan fingerprint density at radius 2 is 2.26 bits per heavy atom. The highest BCUT2D eigenvalue weighted by Crippen LogP contribution is 2.26. The number of rotatable bonds is 3. The fourth-order valence-electron chi connectivity index (χ4n) is 2.86. The molecule has 1 aromatic rings. The number of thiophene rings is 1. The van der Waals surface area contributed by atoms with Crippen LogP contribution in [0.2, 0.25) is 0 Å². The van der Waals surface area contributed by atoms with Gasteiger partial charge in [0, 0.05) is 9.75 Å². The number of piperidine rings is 1. The summed E-state index contributed by atoms with van der Waals surface area (Å²) in [6, 6.07) is 2.24. The molecule has 3 unspecified atom stereocenters. The van der Waals surface area contributed by atoms with Gasteiger partial charge in [0.2, 0.25) is 5.91 Å². The zero-order valence-electron chi connectivity index (χ0n) is 12.2. The standard InChI is InChI=1S/C15H24N2OS/c1-9-6-5-7-16-14(9)15(18)17-11(3)13-8-10(2)19-12(13)4/h8-9,11,14,16H,5-7H2,1-4H3,(H,17,18). The second-order valence-corrected chi connectivity index (χ2v) is 7.11. The zero-order valence-corrected chi connectivity index (χ0v) is 13.1. The quantitative estimate of drug-likeness (QED) is 0.894. The van der Waals surface area contributed by atoms with Gasteiger partial charge in [-0.2, -0.15) is 0 Å². The highest BCUT2D eigenvalue weighted by Gasteiger charge is 2.28. The summed E-state index contributed by atoms with van der Waals surface area (Å²) in [6.07, 6.45) is 2.30. The van der Waals surface area contributed by atoms with Crippen LogP contribution in [0.4, 0.5) is 0 Å². The van der Waals surface area contributed by atoms with Crippen LogP contribution in [0.15, 0.2) is 6.07 Å². The van der Waals surface area contributed by atoms with E-state index in [-0.39, 0.29) is 18.0 Å². The normalized spacial score (nSPS) is 25.1. The minimum absolute atomic E-state index is 0.0313. The summed E-state index contributed by atoms with van der Waals surface area (Å²) in [6.45, 7) is 9.41. The van der Waals surface area contributed by atoms with E-state index in [0.717, 1.165) is 13.0 Å². The average molecular weight is 280 g/mol. The summed E-state index contributed by atoms with van der Waals surface area (Å²) >= 11 is 1.79. The summed E-state index contributed by atoms with van der Waals surface area (Å²) in [5, 5.41) is 6.49. The predicted octanol–water partition coefficient (Wildman–Crippen LogP) is 2.93. The molecule has 3 nitrogen and oxygen atoms in total. The van der Waals surface area contributed by atoms with Gasteiger partial charge < -0.3 is 10.6 Å². The third kappa shape index (κ3) is 3.37. The summed E-state index contributed by atoms with van der Waals surface area (Å²) in [5.74, 6) is 0.564. The van der Waals surface area contributed by atoms with Crippen molar-refractivity contribution >= 4 is 17.2 Å². The molecule has 0 aliphatic carbocycles. The maximum absolute atomic E-state index is 12.3. The van der Waals surface area contributed by atoms with E-state index in [9.17, 15) is 4.79 Å². The lowest BCUT2D eigenvalue weighted by atomic mass is 9.92. The fourth-order valence-corrected chi connectivity index (χ4v) is 3.88. The van der Waals surface area contributed by atoms with Crippen molar-refractivity contribution in [1.82, 2.24) is 10.6 Å². The van der Waals surface area contributed by atoms with Crippen LogP contribution in [0.5, 0.6) is 0 Å². The molecule has 2 heterocycles. The summed E-state index contributed by atoms with van der Waals surface area (Å²) in [5.41, 5.74) is 1.25. The molecule has 1 amide bonds. The first kappa shape index (κ1) is 14.5. The van der Waals surface area contributed by atoms with Crippen molar-refractivity contribution in [1.29, 1.82) is 0 Å². The SMILES string of the molecule is Cc1cc(C(C)NC(=O)C2NCCCC2C)c(C)s1. The number of nitrogens with one attached hydrogen (secondary N) is 2. The average Bonchev–Trinajstić information content (AvgIpc) is 2.69. The molecule has 1 aliphatic rings. The van der Waals surface area contributed by atoms with E-state index in [1.54, 1.807) is 11.3 Å². The van der Waals surface area contributed by atoms with E-state index in [1.807, 2.05) is 0 Å². The molecule has 1 fully saturated rings. The van der Waals surface area contributed by atoms with Gasteiger partial charge in [0.15, 0.2) is 0 Å². The van der Waals surface area contributed by atoms with E-state index in [1.165, 1.54) is 21.7 Å². The van der Waals surface area contributed by atoms with Crippen LogP contribution in [0.25, 0.3) is 0 Å². The number of carbonyl (C=O) groups is 1. The van der Waals surface area contributed by atoms with E-state index < -0.39 is 0 Å². The van der Waals surface area contributed by atoms with Gasteiger partial charge in [-0.25, -0.2) is 0 Å². The first-order chi connectivity index (χ1) is 8.99. The molecule has 0 saturated carbocycles. The van der Waals surface area contributed by atoms with Gasteiger partial charge in [0.25, 0.3) is 0 Å². The second kappa shape index (κ2) is 6.06. The summed E-state index contributed by atoms with van der Waals surface area (Å²) in [4.78, 5) is 14.9. The Morgan fingerprint density at radius 3 is 2.84 bits per heavy atom. The number of aryl methyl sites for hydroxylation is 2. The Balaban J connectivity index is 2.00. The van der Waals surface area contributed by atoms with Crippen LogP contribution in [0.1, 0.15) is 48.0 Å². The van der Waals surface area contributed by atoms with Gasteiger partial charge in [0.1, 0.15) is 0 Å². The fraction of sp³-hybridized carbons (Fsp3) is 0.667. The van der Waals surface area contributed by atoms with Crippen LogP contribution >= 0.6 is 11.3 Å². The summed E-state index contributed by atoms with van der Waals surface area (Å²) < 4.78 is 0. The van der Waals surface area contributed by atoms with Gasteiger partial charge in [-0.15, -0.1) is 11.3 Å². The first-order valence-electron chi connectivity index (χ1n) is 7.09. The zero-order chi connectivity index (χ0) is 14.0. The van der Waals surface area contributed by atoms with Gasteiger partial charge in [-0.1, -0.05) is 6.92 Å². The van der Waals surface area contributed by atoms with Crippen molar-refractivity contribution in [3.8, 4) is 0 Å². The molecule has 0 aromatic carbocycles. The smallest absolute Gasteiger partial charge is 0.237 e. The number of carbonyl (C=O) groups excluding carboxylic acids is 1. The van der Waals surface area contributed by atoms with Crippen LogP contribution in [-0.2, 0) is 4.79 Å². The van der Waals surface area contributed by atoms with Crippen LogP contribution in [-0.4, -0.2) is 18.5 Å². The molecule has 1 saturated heterocycles. The van der Waals surface area contributed by atoms with Gasteiger partial charge in [0.05, 0.1) is 12.1 Å². The van der Waals surface area contributed by atoms with Crippen molar-refractivity contribution in [2.45, 2.75) is 52.6 Å². The molecule has 2 N–H and O–H groups in total. The maximum atomic E-state index is 12.3. The lowest BCUT2D eigenvalue weighted by Crippen LogP contribution is -2.51. The third-order valence-corrected chi connectivity index (χ3v) is 4.94. The molecule has 106 valence electrons. The molecule has 4 heteroatoms. The molecule has 2 rings (SSSR count). The number of hydrogen-bond donors (Lipinski definition) is 2. The molecular weight excluding hydrogens is 256 g/mol. The molecule has 1 aliphatic heterocycles. The Labute approximate surface area is 119 Å². The Morgan fingerprint density at radius 1 is 1.53 bits per heavy atom. The van der Waals surface area contributed by atoms with E-state index in [4.69, 9.17) is 0 Å². The topological polar surface area (TPSA) is 41.1 Å². The molecule has 19 heavy (non-hydrogen) atoms. The molecule has 3 atom stereocenters. The van der Waals surface area contributed by atoms with E-state index in [0.29, 0.717) is 5.92 Å². The highest BCUT2D eigenvalue weighted by molar-refractivity contribution is 7.12. The van der Waals surface area contributed by atoms with E-state index in [2.05, 4.69) is 44.4 Å². The number of amides is 1. The van der Waals surface area contributed by atoms with E-state index >= 15 is 0 Å². The van der Waals surface area contributed by atoms with Crippen molar-refractivity contribution in [3.05, 3.63) is 21.4 Å². The van der Waals surface area contributed by atoms with Gasteiger partial charge >= 0.3 is 0 Å². The molecule has 0 spiro atoms. The van der Waals surface area contributed by atoms with Gasteiger partial charge in [-0.05, 0) is 57.7 Å². The van der Waals surface area contributed by atoms with Gasteiger partial charge in [-0.3, -0.25) is 4.79 Å². The molecule has 1 aromatic heterocycles. The highest BCUT2D eigenvalue weighted by atomic mass is 32.1. The monoisotopic (exact) mass is 280 g/mol. The molecular formula is C15H24N2OS. The second-order valence-electron chi connectivity index (χ2n) is 5.65. The summed E-state index contributed by atoms with van der Waals surface area (Å²) in [7, 11) is 0. The van der Waals surface area contributed by atoms with Crippen LogP contribution in [0.3, 0.4) is 0 Å². The maximum Gasteiger partial charge on any atom is 0.237 e. The van der Waals surface area contributed by atoms with Crippen molar-refractivity contribution in [2.24, 2.45) is 5.92 Å². The minimum atomic E-state index is -0.0313. The van der Waals surface area contributed by atoms with Crippen LogP contribution in [0, 0.1) is 19.8 Å². The minimum Gasteiger partial charge on any atom is -0.348 e. The lowest BCUT2D eigenvalue weighted by Gasteiger charge is -2.30. The largest absolute Gasteiger partial charge is 0.348 e. The lowest BCUT2D eigenvalue weighted by molar-refractivity contribution is -0.125. The predicted molar refractivity (Wildman–Crippen MR) is 80.5 cm³/mol. The van der Waals surface area contributed by atoms with Crippen molar-refractivity contribution in [2.75, 3.05) is 6.54 Å². The Kier molecular flexibility index (Phi) is 4.63. The third-order valence-electron chi connectivity index (χ3n) is 3.96. The Hall–Kier alpha value is -0.870. The Bertz CT molecular complexity index is 455. The first-order valence-corrected chi connectivity index (χ1v) is 7.91. The van der Waals surface area contributed by atoms with Crippen molar-refractivity contribution in [3.63, 3.8) is 0 Å². The number of hydrogen-bond acceptors (Lipinski definition) is 3. The van der Waals surface area contributed by atoms with Crippen molar-refractivity contribution < 1.29 is 4.79 Å². The van der Waals surface area contributed by atoms with Crippen LogP contribution < -0.4 is 10.6 Å². The molecule has 0 radical (unpaired) electrons. The molecule has 0 bridgehead atoms.